The van der Waals surface area contributed by atoms with Crippen LogP contribution in [0.25, 0.3) is 0 Å². The highest BCUT2D eigenvalue weighted by Gasteiger charge is 2.13. The maximum Gasteiger partial charge on any atom is 0.160 e. The van der Waals surface area contributed by atoms with E-state index in [9.17, 15) is 15.3 Å². The smallest absolute Gasteiger partial charge is 0.160 e. The summed E-state index contributed by atoms with van der Waals surface area (Å²) >= 11 is 0. The Morgan fingerprint density at radius 3 is 2.12 bits per heavy atom. The molecular weight excluding hydrogens is 304 g/mol. The first kappa shape index (κ1) is 18.3. The van der Waals surface area contributed by atoms with Crippen LogP contribution in [0.4, 0.5) is 0 Å². The number of aromatic hydroxyl groups is 1. The van der Waals surface area contributed by atoms with E-state index in [0.717, 1.165) is 12.0 Å². The Kier molecular flexibility index (Phi) is 7.09. The van der Waals surface area contributed by atoms with Gasteiger partial charge in [0.2, 0.25) is 0 Å². The standard InChI is InChI=1S/C20H26O4/c1-24-20-13-16(9-12-19(20)23)8-11-18(22)14-17(21)10-7-15-5-3-2-4-6-15/h2-6,9,12-13,17-18,21-23H,7-8,10-11,14H2,1H3/t17-,18-/m0/s1. The highest BCUT2D eigenvalue weighted by molar-refractivity contribution is 5.41. The molecule has 0 fully saturated rings. The molecule has 0 amide bonds. The predicted molar refractivity (Wildman–Crippen MR) is 94.4 cm³/mol. The van der Waals surface area contributed by atoms with E-state index in [1.54, 1.807) is 12.1 Å². The number of hydrogen-bond acceptors (Lipinski definition) is 4. The molecule has 0 heterocycles. The Labute approximate surface area is 143 Å². The van der Waals surface area contributed by atoms with E-state index in [0.29, 0.717) is 31.4 Å². The molecule has 0 bridgehead atoms. The van der Waals surface area contributed by atoms with E-state index in [-0.39, 0.29) is 5.75 Å². The van der Waals surface area contributed by atoms with Crippen molar-refractivity contribution in [2.45, 2.75) is 44.3 Å². The number of hydrogen-bond donors (Lipinski definition) is 3. The van der Waals surface area contributed by atoms with Gasteiger partial charge >= 0.3 is 0 Å². The summed E-state index contributed by atoms with van der Waals surface area (Å²) in [4.78, 5) is 0. The number of phenolic OH excluding ortho intramolecular Hbond substituents is 1. The first-order chi connectivity index (χ1) is 11.6. The largest absolute Gasteiger partial charge is 0.504 e. The van der Waals surface area contributed by atoms with Crippen molar-refractivity contribution in [2.75, 3.05) is 7.11 Å². The van der Waals surface area contributed by atoms with Crippen molar-refractivity contribution in [1.82, 2.24) is 0 Å². The summed E-state index contributed by atoms with van der Waals surface area (Å²) in [5, 5.41) is 29.8. The van der Waals surface area contributed by atoms with Crippen LogP contribution in [0.1, 0.15) is 30.4 Å². The van der Waals surface area contributed by atoms with E-state index >= 15 is 0 Å². The van der Waals surface area contributed by atoms with Crippen molar-refractivity contribution < 1.29 is 20.1 Å². The lowest BCUT2D eigenvalue weighted by Gasteiger charge is -2.16. The molecule has 2 atom stereocenters. The van der Waals surface area contributed by atoms with Crippen LogP contribution in [0.5, 0.6) is 11.5 Å². The van der Waals surface area contributed by atoms with Gasteiger partial charge in [0, 0.05) is 0 Å². The van der Waals surface area contributed by atoms with Crippen LogP contribution in [0.15, 0.2) is 48.5 Å². The van der Waals surface area contributed by atoms with Crippen LogP contribution in [0.3, 0.4) is 0 Å². The minimum atomic E-state index is -0.546. The first-order valence-corrected chi connectivity index (χ1v) is 8.34. The monoisotopic (exact) mass is 330 g/mol. The molecule has 0 aliphatic carbocycles. The summed E-state index contributed by atoms with van der Waals surface area (Å²) in [6, 6.07) is 15.2. The van der Waals surface area contributed by atoms with Gasteiger partial charge in [-0.25, -0.2) is 0 Å². The van der Waals surface area contributed by atoms with Gasteiger partial charge in [0.1, 0.15) is 0 Å². The molecule has 4 heteroatoms. The molecule has 0 aliphatic heterocycles. The summed E-state index contributed by atoms with van der Waals surface area (Å²) in [5.41, 5.74) is 2.18. The molecule has 3 N–H and O–H groups in total. The Morgan fingerprint density at radius 1 is 0.875 bits per heavy atom. The minimum absolute atomic E-state index is 0.109. The lowest BCUT2D eigenvalue weighted by atomic mass is 9.99. The van der Waals surface area contributed by atoms with Crippen LogP contribution < -0.4 is 4.74 Å². The van der Waals surface area contributed by atoms with Crippen LogP contribution in [0.2, 0.25) is 0 Å². The van der Waals surface area contributed by atoms with E-state index < -0.39 is 12.2 Å². The van der Waals surface area contributed by atoms with Gasteiger partial charge < -0.3 is 20.1 Å². The van der Waals surface area contributed by atoms with E-state index in [1.807, 2.05) is 36.4 Å². The highest BCUT2D eigenvalue weighted by atomic mass is 16.5. The average molecular weight is 330 g/mol. The molecule has 4 nitrogen and oxygen atoms in total. The molecule has 2 aromatic carbocycles. The summed E-state index contributed by atoms with van der Waals surface area (Å²) in [5.74, 6) is 0.544. The molecule has 0 saturated carbocycles. The fourth-order valence-corrected chi connectivity index (χ4v) is 2.74. The maximum atomic E-state index is 10.1. The maximum absolute atomic E-state index is 10.1. The number of phenols is 1. The lowest BCUT2D eigenvalue weighted by Crippen LogP contribution is -2.19. The van der Waals surface area contributed by atoms with Crippen LogP contribution in [0, 0.1) is 0 Å². The zero-order valence-electron chi connectivity index (χ0n) is 14.1. The number of aliphatic hydroxyl groups is 2. The zero-order valence-corrected chi connectivity index (χ0v) is 14.1. The number of ether oxygens (including phenoxy) is 1. The van der Waals surface area contributed by atoms with Gasteiger partial charge in [0.15, 0.2) is 11.5 Å². The fraction of sp³-hybridized carbons (Fsp3) is 0.400. The normalized spacial score (nSPS) is 13.5. The molecule has 0 aromatic heterocycles. The molecule has 0 aliphatic rings. The van der Waals surface area contributed by atoms with E-state index in [2.05, 4.69) is 0 Å². The quantitative estimate of drug-likeness (QED) is 0.661. The van der Waals surface area contributed by atoms with Crippen LogP contribution >= 0.6 is 0 Å². The second-order valence-electron chi connectivity index (χ2n) is 6.11. The van der Waals surface area contributed by atoms with Crippen molar-refractivity contribution in [2.24, 2.45) is 0 Å². The van der Waals surface area contributed by atoms with E-state index in [1.165, 1.54) is 12.7 Å². The predicted octanol–water partition coefficient (Wildman–Crippen LogP) is 3.08. The molecule has 0 unspecified atom stereocenters. The van der Waals surface area contributed by atoms with E-state index in [4.69, 9.17) is 4.74 Å². The fourth-order valence-electron chi connectivity index (χ4n) is 2.74. The number of methoxy groups -OCH3 is 1. The molecule has 2 aromatic rings. The summed E-state index contributed by atoms with van der Waals surface area (Å²) < 4.78 is 5.08. The van der Waals surface area contributed by atoms with Crippen molar-refractivity contribution in [1.29, 1.82) is 0 Å². The van der Waals surface area contributed by atoms with Gasteiger partial charge in [-0.3, -0.25) is 0 Å². The highest BCUT2D eigenvalue weighted by Crippen LogP contribution is 2.27. The summed E-state index contributed by atoms with van der Waals surface area (Å²) in [7, 11) is 1.51. The third-order valence-electron chi connectivity index (χ3n) is 4.16. The number of rotatable bonds is 9. The Hall–Kier alpha value is -2.04. The number of aryl methyl sites for hydroxylation is 2. The van der Waals surface area contributed by atoms with Crippen molar-refractivity contribution in [3.05, 3.63) is 59.7 Å². The molecule has 2 rings (SSSR count). The van der Waals surface area contributed by atoms with Gasteiger partial charge in [0.05, 0.1) is 19.3 Å². The molecule has 24 heavy (non-hydrogen) atoms. The third-order valence-corrected chi connectivity index (χ3v) is 4.16. The first-order valence-electron chi connectivity index (χ1n) is 8.34. The molecule has 130 valence electrons. The number of aliphatic hydroxyl groups excluding tert-OH is 2. The van der Waals surface area contributed by atoms with Crippen LogP contribution in [-0.2, 0) is 12.8 Å². The third kappa shape index (κ3) is 5.87. The zero-order chi connectivity index (χ0) is 17.4. The Bertz CT molecular complexity index is 612. The van der Waals surface area contributed by atoms with Gasteiger partial charge in [0.25, 0.3) is 0 Å². The second kappa shape index (κ2) is 9.30. The van der Waals surface area contributed by atoms with Crippen molar-refractivity contribution in [3.63, 3.8) is 0 Å². The Balaban J connectivity index is 1.73. The summed E-state index contributed by atoms with van der Waals surface area (Å²) in [6.45, 7) is 0. The lowest BCUT2D eigenvalue weighted by molar-refractivity contribution is 0.0714. The number of benzene rings is 2. The topological polar surface area (TPSA) is 69.9 Å². The SMILES string of the molecule is COc1cc(CC[C@H](O)C[C@@H](O)CCc2ccccc2)ccc1O. The Morgan fingerprint density at radius 2 is 1.50 bits per heavy atom. The summed E-state index contributed by atoms with van der Waals surface area (Å²) in [6.07, 6.45) is 2.02. The minimum Gasteiger partial charge on any atom is -0.504 e. The van der Waals surface area contributed by atoms with Gasteiger partial charge in [-0.05, 0) is 55.4 Å². The molecule has 0 saturated heterocycles. The second-order valence-corrected chi connectivity index (χ2v) is 6.11. The van der Waals surface area contributed by atoms with Gasteiger partial charge in [-0.1, -0.05) is 36.4 Å². The molecule has 0 radical (unpaired) electrons. The molecule has 0 spiro atoms. The van der Waals surface area contributed by atoms with Gasteiger partial charge in [-0.2, -0.15) is 0 Å². The molecular formula is C20H26O4. The van der Waals surface area contributed by atoms with Gasteiger partial charge in [-0.15, -0.1) is 0 Å². The van der Waals surface area contributed by atoms with Crippen molar-refractivity contribution >= 4 is 0 Å². The van der Waals surface area contributed by atoms with Crippen molar-refractivity contribution in [3.8, 4) is 11.5 Å². The average Bonchev–Trinajstić information content (AvgIpc) is 2.60. The van der Waals surface area contributed by atoms with Crippen LogP contribution in [-0.4, -0.2) is 34.6 Å².